The third-order valence-electron chi connectivity index (χ3n) is 1.16. The van der Waals surface area contributed by atoms with Crippen molar-refractivity contribution in [1.29, 1.82) is 0 Å². The monoisotopic (exact) mass is 210 g/mol. The molecule has 0 unspecified atom stereocenters. The van der Waals surface area contributed by atoms with E-state index in [4.69, 9.17) is 0 Å². The van der Waals surface area contributed by atoms with Crippen molar-refractivity contribution in [3.63, 3.8) is 0 Å². The number of hydrogen-bond donors (Lipinski definition) is 1. The average molecular weight is 210 g/mol. The van der Waals surface area contributed by atoms with Gasteiger partial charge in [-0.2, -0.15) is 13.2 Å². The Morgan fingerprint density at radius 1 is 1.62 bits per heavy atom. The van der Waals surface area contributed by atoms with Gasteiger partial charge < -0.3 is 5.32 Å². The average Bonchev–Trinajstić information content (AvgIpc) is 2.50. The highest BCUT2D eigenvalue weighted by molar-refractivity contribution is 7.09. The van der Waals surface area contributed by atoms with Gasteiger partial charge in [-0.25, -0.2) is 0 Å². The molecule has 0 spiro atoms. The summed E-state index contributed by atoms with van der Waals surface area (Å²) in [6, 6.07) is 0. The first-order chi connectivity index (χ1) is 6.00. The summed E-state index contributed by atoms with van der Waals surface area (Å²) in [4.78, 5) is 14.5. The van der Waals surface area contributed by atoms with Gasteiger partial charge in [0.05, 0.1) is 12.1 Å². The number of hydrogen-bond acceptors (Lipinski definition) is 3. The van der Waals surface area contributed by atoms with E-state index in [-0.39, 0.29) is 6.54 Å². The van der Waals surface area contributed by atoms with E-state index in [1.807, 2.05) is 0 Å². The molecule has 1 N–H and O–H groups in total. The van der Waals surface area contributed by atoms with Crippen LogP contribution < -0.4 is 5.32 Å². The van der Waals surface area contributed by atoms with Gasteiger partial charge in [0, 0.05) is 11.1 Å². The largest absolute Gasteiger partial charge is 0.471 e. The third-order valence-corrected chi connectivity index (χ3v) is 1.94. The highest BCUT2D eigenvalue weighted by atomic mass is 32.1. The molecule has 1 heterocycles. The lowest BCUT2D eigenvalue weighted by molar-refractivity contribution is -0.173. The summed E-state index contributed by atoms with van der Waals surface area (Å²) in [5.41, 5.74) is 1.48. The molecule has 1 aromatic rings. The standard InChI is InChI=1S/C6H5F3N2OS/c7-6(8,9)5(12)11-2-4-1-10-3-13-4/h1,3H,2H2,(H,11,12). The van der Waals surface area contributed by atoms with Crippen LogP contribution in [0.4, 0.5) is 13.2 Å². The minimum Gasteiger partial charge on any atom is -0.343 e. The van der Waals surface area contributed by atoms with Crippen molar-refractivity contribution in [1.82, 2.24) is 10.3 Å². The zero-order chi connectivity index (χ0) is 9.90. The van der Waals surface area contributed by atoms with Gasteiger partial charge in [0.15, 0.2) is 0 Å². The van der Waals surface area contributed by atoms with Crippen molar-refractivity contribution in [3.8, 4) is 0 Å². The maximum atomic E-state index is 11.7. The van der Waals surface area contributed by atoms with E-state index in [2.05, 4.69) is 4.98 Å². The molecule has 0 bridgehead atoms. The van der Waals surface area contributed by atoms with E-state index in [0.29, 0.717) is 4.88 Å². The van der Waals surface area contributed by atoms with Crippen LogP contribution in [0.1, 0.15) is 4.88 Å². The van der Waals surface area contributed by atoms with Crippen molar-refractivity contribution in [2.24, 2.45) is 0 Å². The first-order valence-electron chi connectivity index (χ1n) is 3.22. The number of nitrogens with zero attached hydrogens (tertiary/aromatic N) is 1. The van der Waals surface area contributed by atoms with Crippen LogP contribution >= 0.6 is 11.3 Å². The van der Waals surface area contributed by atoms with Crippen LogP contribution in [0.25, 0.3) is 0 Å². The van der Waals surface area contributed by atoms with E-state index in [9.17, 15) is 18.0 Å². The highest BCUT2D eigenvalue weighted by Crippen LogP contribution is 2.14. The number of amides is 1. The second-order valence-corrected chi connectivity index (χ2v) is 3.12. The number of carbonyl (C=O) groups is 1. The van der Waals surface area contributed by atoms with Gasteiger partial charge in [0.25, 0.3) is 0 Å². The Morgan fingerprint density at radius 2 is 2.31 bits per heavy atom. The van der Waals surface area contributed by atoms with Gasteiger partial charge in [-0.3, -0.25) is 9.78 Å². The van der Waals surface area contributed by atoms with Crippen LogP contribution in [0.15, 0.2) is 11.7 Å². The lowest BCUT2D eigenvalue weighted by atomic mass is 10.5. The molecule has 0 fully saturated rings. The first-order valence-corrected chi connectivity index (χ1v) is 4.10. The van der Waals surface area contributed by atoms with Crippen molar-refractivity contribution < 1.29 is 18.0 Å². The van der Waals surface area contributed by atoms with Crippen LogP contribution in [0, 0.1) is 0 Å². The van der Waals surface area contributed by atoms with Gasteiger partial charge >= 0.3 is 12.1 Å². The van der Waals surface area contributed by atoms with E-state index in [1.54, 1.807) is 5.32 Å². The molecular formula is C6H5F3N2OS. The minimum atomic E-state index is -4.81. The SMILES string of the molecule is O=C(NCc1cncs1)C(F)(F)F. The lowest BCUT2D eigenvalue weighted by Crippen LogP contribution is -2.36. The number of halogens is 3. The molecule has 7 heteroatoms. The molecule has 0 aromatic carbocycles. The summed E-state index contributed by atoms with van der Waals surface area (Å²) in [6.45, 7) is -0.136. The minimum absolute atomic E-state index is 0.136. The normalized spacial score (nSPS) is 11.3. The Labute approximate surface area is 75.6 Å². The molecule has 0 aliphatic rings. The van der Waals surface area contributed by atoms with Crippen molar-refractivity contribution >= 4 is 17.2 Å². The molecule has 13 heavy (non-hydrogen) atoms. The molecule has 0 radical (unpaired) electrons. The zero-order valence-electron chi connectivity index (χ0n) is 6.26. The number of alkyl halides is 3. The van der Waals surface area contributed by atoms with Crippen LogP contribution in [0.5, 0.6) is 0 Å². The van der Waals surface area contributed by atoms with Crippen LogP contribution in [-0.4, -0.2) is 17.1 Å². The molecule has 0 saturated carbocycles. The predicted octanol–water partition coefficient (Wildman–Crippen LogP) is 1.32. The lowest BCUT2D eigenvalue weighted by Gasteiger charge is -2.05. The van der Waals surface area contributed by atoms with Gasteiger partial charge in [0.2, 0.25) is 0 Å². The maximum Gasteiger partial charge on any atom is 0.471 e. The molecule has 1 aromatic heterocycles. The molecule has 0 aliphatic heterocycles. The number of nitrogens with one attached hydrogen (secondary N) is 1. The van der Waals surface area contributed by atoms with E-state index < -0.39 is 12.1 Å². The van der Waals surface area contributed by atoms with Crippen LogP contribution in [0.2, 0.25) is 0 Å². The van der Waals surface area contributed by atoms with Crippen molar-refractivity contribution in [2.75, 3.05) is 0 Å². The molecule has 3 nitrogen and oxygen atoms in total. The summed E-state index contributed by atoms with van der Waals surface area (Å²) in [7, 11) is 0. The molecule has 0 saturated heterocycles. The Hall–Kier alpha value is -1.11. The predicted molar refractivity (Wildman–Crippen MR) is 40.0 cm³/mol. The van der Waals surface area contributed by atoms with Crippen molar-refractivity contribution in [3.05, 3.63) is 16.6 Å². The summed E-state index contributed by atoms with van der Waals surface area (Å²) in [5.74, 6) is -1.93. The van der Waals surface area contributed by atoms with Crippen LogP contribution in [0.3, 0.4) is 0 Å². The number of aromatic nitrogens is 1. The zero-order valence-corrected chi connectivity index (χ0v) is 7.08. The molecule has 72 valence electrons. The van der Waals surface area contributed by atoms with Crippen molar-refractivity contribution in [2.45, 2.75) is 12.7 Å². The van der Waals surface area contributed by atoms with E-state index in [0.717, 1.165) is 0 Å². The van der Waals surface area contributed by atoms with E-state index >= 15 is 0 Å². The second-order valence-electron chi connectivity index (χ2n) is 2.15. The fourth-order valence-electron chi connectivity index (χ4n) is 0.597. The fraction of sp³-hybridized carbons (Fsp3) is 0.333. The Balaban J connectivity index is 2.40. The van der Waals surface area contributed by atoms with Gasteiger partial charge in [0.1, 0.15) is 0 Å². The van der Waals surface area contributed by atoms with Gasteiger partial charge in [-0.05, 0) is 0 Å². The van der Waals surface area contributed by atoms with E-state index in [1.165, 1.54) is 23.0 Å². The Kier molecular flexibility index (Phi) is 2.86. The Bertz CT molecular complexity index is 283. The maximum absolute atomic E-state index is 11.7. The summed E-state index contributed by atoms with van der Waals surface area (Å²) < 4.78 is 35.0. The molecule has 1 rings (SSSR count). The summed E-state index contributed by atoms with van der Waals surface area (Å²) in [5, 5.41) is 1.73. The topological polar surface area (TPSA) is 42.0 Å². The number of rotatable bonds is 2. The summed E-state index contributed by atoms with van der Waals surface area (Å²) in [6.07, 6.45) is -3.41. The second kappa shape index (κ2) is 3.73. The molecule has 1 amide bonds. The quantitative estimate of drug-likeness (QED) is 0.799. The molecule has 0 atom stereocenters. The fourth-order valence-corrected chi connectivity index (χ4v) is 1.13. The number of thiazole rings is 1. The number of carbonyl (C=O) groups excluding carboxylic acids is 1. The van der Waals surface area contributed by atoms with Gasteiger partial charge in [-0.15, -0.1) is 11.3 Å². The third kappa shape index (κ3) is 3.02. The Morgan fingerprint density at radius 3 is 2.77 bits per heavy atom. The summed E-state index contributed by atoms with van der Waals surface area (Å²) >= 11 is 1.18. The highest BCUT2D eigenvalue weighted by Gasteiger charge is 2.38. The molecular weight excluding hydrogens is 205 g/mol. The smallest absolute Gasteiger partial charge is 0.343 e. The van der Waals surface area contributed by atoms with Crippen LogP contribution in [-0.2, 0) is 11.3 Å². The first kappa shape index (κ1) is 9.97. The van der Waals surface area contributed by atoms with Gasteiger partial charge in [-0.1, -0.05) is 0 Å². The molecule has 0 aliphatic carbocycles.